The largest absolute Gasteiger partial charge is 0.497 e. The fourth-order valence-electron chi connectivity index (χ4n) is 3.86. The number of carbonyl (C=O) groups is 3. The van der Waals surface area contributed by atoms with Crippen molar-refractivity contribution in [2.24, 2.45) is 0 Å². The second-order valence-corrected chi connectivity index (χ2v) is 7.59. The number of ether oxygens (including phenoxy) is 1. The smallest absolute Gasteiger partial charge is 0.335 e. The lowest BCUT2D eigenvalue weighted by Gasteiger charge is -2.26. The van der Waals surface area contributed by atoms with E-state index in [9.17, 15) is 24.5 Å². The number of barbiturate groups is 1. The number of aryl methyl sites for hydroxylation is 1. The van der Waals surface area contributed by atoms with Gasteiger partial charge in [-0.05, 0) is 61.9 Å². The number of non-ortho nitro benzene ring substituents is 1. The van der Waals surface area contributed by atoms with E-state index in [1.165, 1.54) is 37.5 Å². The average Bonchev–Trinajstić information content (AvgIpc) is 3.09. The number of urea groups is 1. The van der Waals surface area contributed by atoms with Crippen LogP contribution < -0.4 is 15.0 Å². The molecule has 10 nitrogen and oxygen atoms in total. The van der Waals surface area contributed by atoms with Crippen molar-refractivity contribution in [3.63, 3.8) is 0 Å². The van der Waals surface area contributed by atoms with Gasteiger partial charge in [0.2, 0.25) is 0 Å². The summed E-state index contributed by atoms with van der Waals surface area (Å²) in [5.74, 6) is -1.02. The summed E-state index contributed by atoms with van der Waals surface area (Å²) in [6, 6.07) is 13.3. The Kier molecular flexibility index (Phi) is 5.72. The average molecular weight is 460 g/mol. The van der Waals surface area contributed by atoms with Gasteiger partial charge in [-0.15, -0.1) is 0 Å². The van der Waals surface area contributed by atoms with Crippen LogP contribution >= 0.6 is 0 Å². The summed E-state index contributed by atoms with van der Waals surface area (Å²) in [5.41, 5.74) is 2.56. The predicted octanol–water partition coefficient (Wildman–Crippen LogP) is 3.68. The van der Waals surface area contributed by atoms with E-state index in [0.717, 1.165) is 10.6 Å². The highest BCUT2D eigenvalue weighted by Crippen LogP contribution is 2.28. The van der Waals surface area contributed by atoms with Gasteiger partial charge in [0.05, 0.1) is 23.4 Å². The fourth-order valence-corrected chi connectivity index (χ4v) is 3.86. The highest BCUT2D eigenvalue weighted by molar-refractivity contribution is 6.39. The molecule has 1 saturated heterocycles. The third kappa shape index (κ3) is 3.92. The molecule has 4 amide bonds. The van der Waals surface area contributed by atoms with Crippen molar-refractivity contribution in [3.8, 4) is 11.4 Å². The number of nitrogens with one attached hydrogen (secondary N) is 1. The summed E-state index contributed by atoms with van der Waals surface area (Å²) < 4.78 is 6.89. The summed E-state index contributed by atoms with van der Waals surface area (Å²) >= 11 is 0. The first-order valence-electron chi connectivity index (χ1n) is 10.2. The number of nitro groups is 1. The molecular weight excluding hydrogens is 440 g/mol. The number of anilines is 1. The van der Waals surface area contributed by atoms with Crippen molar-refractivity contribution in [3.05, 3.63) is 87.2 Å². The highest BCUT2D eigenvalue weighted by atomic mass is 16.6. The van der Waals surface area contributed by atoms with Gasteiger partial charge in [-0.3, -0.25) is 25.0 Å². The van der Waals surface area contributed by atoms with Crippen molar-refractivity contribution < 1.29 is 24.0 Å². The Labute approximate surface area is 194 Å². The van der Waals surface area contributed by atoms with Gasteiger partial charge in [0.25, 0.3) is 17.5 Å². The maximum Gasteiger partial charge on any atom is 0.335 e. The first-order chi connectivity index (χ1) is 16.2. The maximum absolute atomic E-state index is 13.2. The van der Waals surface area contributed by atoms with Crippen LogP contribution in [0.3, 0.4) is 0 Å². The van der Waals surface area contributed by atoms with Crippen molar-refractivity contribution >= 4 is 35.3 Å². The lowest BCUT2D eigenvalue weighted by Crippen LogP contribution is -2.54. The minimum absolute atomic E-state index is 0.0552. The van der Waals surface area contributed by atoms with E-state index in [4.69, 9.17) is 4.74 Å². The topological polar surface area (TPSA) is 124 Å². The summed E-state index contributed by atoms with van der Waals surface area (Å²) in [6.45, 7) is 3.58. The zero-order valence-corrected chi connectivity index (χ0v) is 18.6. The van der Waals surface area contributed by atoms with Gasteiger partial charge < -0.3 is 9.30 Å². The van der Waals surface area contributed by atoms with E-state index < -0.39 is 22.8 Å². The molecule has 0 saturated carbocycles. The van der Waals surface area contributed by atoms with Crippen LogP contribution in [-0.2, 0) is 9.59 Å². The number of aromatic nitrogens is 1. The fraction of sp³-hybridized carbons (Fsp3) is 0.125. The Bertz CT molecular complexity index is 1370. The number of hydrogen-bond donors (Lipinski definition) is 1. The lowest BCUT2D eigenvalue weighted by molar-refractivity contribution is -0.384. The molecule has 0 bridgehead atoms. The standard InChI is InChI=1S/C24H20N4O6/c1-14-11-16(15(2)26(14)18-5-4-6-19(13-18)28(32)33)12-21-22(29)25-24(31)27(23(21)30)17-7-9-20(34-3)10-8-17/h4-13H,1-3H3,(H,25,29,31). The molecule has 2 aromatic carbocycles. The van der Waals surface area contributed by atoms with E-state index in [1.54, 1.807) is 41.8 Å². The van der Waals surface area contributed by atoms with Gasteiger partial charge in [0.1, 0.15) is 11.3 Å². The van der Waals surface area contributed by atoms with Gasteiger partial charge >= 0.3 is 6.03 Å². The van der Waals surface area contributed by atoms with Crippen LogP contribution in [0, 0.1) is 24.0 Å². The zero-order valence-electron chi connectivity index (χ0n) is 18.6. The molecule has 1 N–H and O–H groups in total. The predicted molar refractivity (Wildman–Crippen MR) is 124 cm³/mol. The van der Waals surface area contributed by atoms with Crippen LogP contribution in [0.4, 0.5) is 16.2 Å². The van der Waals surface area contributed by atoms with Crippen LogP contribution in [0.25, 0.3) is 11.8 Å². The van der Waals surface area contributed by atoms with Crippen molar-refractivity contribution in [2.75, 3.05) is 12.0 Å². The molecule has 0 atom stereocenters. The number of amides is 4. The van der Waals surface area contributed by atoms with E-state index in [-0.39, 0.29) is 16.9 Å². The second-order valence-electron chi connectivity index (χ2n) is 7.59. The van der Waals surface area contributed by atoms with Crippen LogP contribution in [-0.4, -0.2) is 34.4 Å². The molecule has 1 aromatic heterocycles. The molecule has 1 aliphatic heterocycles. The molecule has 2 heterocycles. The van der Waals surface area contributed by atoms with Gasteiger partial charge in [-0.1, -0.05) is 6.07 Å². The quantitative estimate of drug-likeness (QED) is 0.268. The Hall–Kier alpha value is -4.73. The number of rotatable bonds is 5. The molecule has 0 aliphatic carbocycles. The summed E-state index contributed by atoms with van der Waals surface area (Å²) in [6.07, 6.45) is 1.41. The molecule has 0 unspecified atom stereocenters. The van der Waals surface area contributed by atoms with E-state index in [0.29, 0.717) is 22.7 Å². The monoisotopic (exact) mass is 460 g/mol. The zero-order chi connectivity index (χ0) is 24.6. The molecule has 0 radical (unpaired) electrons. The van der Waals surface area contributed by atoms with Crippen LogP contribution in [0.15, 0.2) is 60.2 Å². The summed E-state index contributed by atoms with van der Waals surface area (Å²) in [4.78, 5) is 49.7. The van der Waals surface area contributed by atoms with E-state index in [2.05, 4.69) is 5.32 Å². The molecule has 34 heavy (non-hydrogen) atoms. The molecule has 0 spiro atoms. The molecule has 3 aromatic rings. The van der Waals surface area contributed by atoms with Gasteiger partial charge in [-0.2, -0.15) is 0 Å². The molecule has 4 rings (SSSR count). The third-order valence-electron chi connectivity index (χ3n) is 5.50. The normalized spacial score (nSPS) is 15.0. The first kappa shape index (κ1) is 22.5. The van der Waals surface area contributed by atoms with Crippen molar-refractivity contribution in [1.29, 1.82) is 0 Å². The second kappa shape index (κ2) is 8.66. The van der Waals surface area contributed by atoms with Gasteiger partial charge in [0.15, 0.2) is 0 Å². The van der Waals surface area contributed by atoms with Crippen molar-refractivity contribution in [2.45, 2.75) is 13.8 Å². The number of methoxy groups -OCH3 is 1. The molecule has 172 valence electrons. The number of imide groups is 2. The van der Waals surface area contributed by atoms with Crippen molar-refractivity contribution in [1.82, 2.24) is 9.88 Å². The summed E-state index contributed by atoms with van der Waals surface area (Å²) in [7, 11) is 1.50. The Balaban J connectivity index is 1.74. The van der Waals surface area contributed by atoms with Crippen LogP contribution in [0.1, 0.15) is 17.0 Å². The van der Waals surface area contributed by atoms with Crippen LogP contribution in [0.2, 0.25) is 0 Å². The van der Waals surface area contributed by atoms with E-state index in [1.807, 2.05) is 6.92 Å². The van der Waals surface area contributed by atoms with Gasteiger partial charge in [-0.25, -0.2) is 9.69 Å². The molecule has 1 fully saturated rings. The first-order valence-corrected chi connectivity index (χ1v) is 10.2. The molecule has 1 aliphatic rings. The molecular formula is C24H20N4O6. The Morgan fingerprint density at radius 3 is 2.35 bits per heavy atom. The Morgan fingerprint density at radius 2 is 1.71 bits per heavy atom. The number of benzene rings is 2. The minimum atomic E-state index is -0.848. The molecule has 10 heteroatoms. The number of nitrogens with zero attached hydrogens (tertiary/aromatic N) is 3. The number of carbonyl (C=O) groups excluding carboxylic acids is 3. The maximum atomic E-state index is 13.2. The number of hydrogen-bond acceptors (Lipinski definition) is 6. The van der Waals surface area contributed by atoms with Crippen LogP contribution in [0.5, 0.6) is 5.75 Å². The Morgan fingerprint density at radius 1 is 1.00 bits per heavy atom. The SMILES string of the molecule is COc1ccc(N2C(=O)NC(=O)C(=Cc3cc(C)n(-c4cccc([N+](=O)[O-])c4)c3C)C2=O)cc1. The van der Waals surface area contributed by atoms with E-state index >= 15 is 0 Å². The number of nitro benzene ring substituents is 1. The lowest BCUT2D eigenvalue weighted by atomic mass is 10.1. The highest BCUT2D eigenvalue weighted by Gasteiger charge is 2.37. The summed E-state index contributed by atoms with van der Waals surface area (Å²) in [5, 5.41) is 13.4. The minimum Gasteiger partial charge on any atom is -0.497 e. The van der Waals surface area contributed by atoms with Gasteiger partial charge in [0, 0.05) is 23.5 Å². The third-order valence-corrected chi connectivity index (χ3v) is 5.50.